The van der Waals surface area contributed by atoms with E-state index in [0.29, 0.717) is 0 Å². The Morgan fingerprint density at radius 3 is 2.50 bits per heavy atom. The molecule has 0 aromatic heterocycles. The van der Waals surface area contributed by atoms with E-state index in [1.807, 2.05) is 0 Å². The van der Waals surface area contributed by atoms with Crippen LogP contribution < -0.4 is 19.5 Å². The summed E-state index contributed by atoms with van der Waals surface area (Å²) in [4.78, 5) is 23.0. The summed E-state index contributed by atoms with van der Waals surface area (Å²) in [6, 6.07) is 7.77. The first-order valence-corrected chi connectivity index (χ1v) is 7.39. The lowest BCUT2D eigenvalue weighted by atomic mass is 10.1. The van der Waals surface area contributed by atoms with Crippen LogP contribution in [0, 0.1) is 10.1 Å². The van der Waals surface area contributed by atoms with Gasteiger partial charge in [-0.05, 0) is 12.1 Å². The van der Waals surface area contributed by atoms with Crippen molar-refractivity contribution in [2.75, 3.05) is 18.5 Å². The first kappa shape index (κ1) is 17.4. The fraction of sp³-hybridized carbons (Fsp3) is 0.188. The van der Waals surface area contributed by atoms with E-state index in [9.17, 15) is 23.7 Å². The number of hydrogen-bond acceptors (Lipinski definition) is 6. The zero-order valence-corrected chi connectivity index (χ0v) is 13.1. The van der Waals surface area contributed by atoms with E-state index in [1.165, 1.54) is 30.3 Å². The van der Waals surface area contributed by atoms with Gasteiger partial charge in [0.05, 0.1) is 16.7 Å². The van der Waals surface area contributed by atoms with Crippen LogP contribution in [-0.4, -0.2) is 30.7 Å². The van der Waals surface area contributed by atoms with Crippen molar-refractivity contribution < 1.29 is 32.7 Å². The lowest BCUT2D eigenvalue weighted by Gasteiger charge is -2.19. The van der Waals surface area contributed by atoms with Crippen molar-refractivity contribution >= 4 is 17.3 Å². The van der Waals surface area contributed by atoms with Crippen molar-refractivity contribution in [3.8, 4) is 17.2 Å². The zero-order chi connectivity index (χ0) is 18.7. The molecule has 2 aromatic carbocycles. The SMILES string of the molecule is O=C(Nc1ccccc1OC(F)F)c1cc2c(cc1[N+](=O)[O-])OCCO2. The number of amides is 1. The van der Waals surface area contributed by atoms with E-state index in [2.05, 4.69) is 10.1 Å². The summed E-state index contributed by atoms with van der Waals surface area (Å²) < 4.78 is 39.8. The van der Waals surface area contributed by atoms with Gasteiger partial charge in [0.2, 0.25) is 0 Å². The highest BCUT2D eigenvalue weighted by atomic mass is 19.3. The number of nitro groups is 1. The van der Waals surface area contributed by atoms with Crippen molar-refractivity contribution in [1.82, 2.24) is 0 Å². The molecule has 136 valence electrons. The highest BCUT2D eigenvalue weighted by molar-refractivity contribution is 6.08. The molecule has 0 fully saturated rings. The van der Waals surface area contributed by atoms with Crippen LogP contribution in [0.4, 0.5) is 20.2 Å². The number of nitrogens with zero attached hydrogens (tertiary/aromatic N) is 1. The molecule has 0 saturated heterocycles. The minimum atomic E-state index is -3.09. The van der Waals surface area contributed by atoms with Crippen LogP contribution in [0.25, 0.3) is 0 Å². The minimum Gasteiger partial charge on any atom is -0.486 e. The molecule has 1 N–H and O–H groups in total. The second kappa shape index (κ2) is 7.21. The van der Waals surface area contributed by atoms with Gasteiger partial charge in [-0.25, -0.2) is 0 Å². The minimum absolute atomic E-state index is 0.0537. The summed E-state index contributed by atoms with van der Waals surface area (Å²) in [7, 11) is 0. The third-order valence-electron chi connectivity index (χ3n) is 3.45. The Kier molecular flexibility index (Phi) is 4.83. The summed E-state index contributed by atoms with van der Waals surface area (Å²) >= 11 is 0. The molecule has 1 aliphatic heterocycles. The molecule has 2 aromatic rings. The Hall–Kier alpha value is -3.43. The van der Waals surface area contributed by atoms with Gasteiger partial charge in [-0.2, -0.15) is 8.78 Å². The van der Waals surface area contributed by atoms with Crippen LogP contribution in [0.15, 0.2) is 36.4 Å². The Balaban J connectivity index is 1.94. The van der Waals surface area contributed by atoms with E-state index >= 15 is 0 Å². The number of carbonyl (C=O) groups excluding carboxylic acids is 1. The monoisotopic (exact) mass is 366 g/mol. The Labute approximate surface area is 145 Å². The molecule has 26 heavy (non-hydrogen) atoms. The second-order valence-electron chi connectivity index (χ2n) is 5.10. The van der Waals surface area contributed by atoms with E-state index in [-0.39, 0.29) is 41.7 Å². The van der Waals surface area contributed by atoms with Crippen molar-refractivity contribution in [1.29, 1.82) is 0 Å². The van der Waals surface area contributed by atoms with E-state index < -0.39 is 23.1 Å². The smallest absolute Gasteiger partial charge is 0.387 e. The molecule has 10 heteroatoms. The average molecular weight is 366 g/mol. The standard InChI is InChI=1S/C16H12F2N2O6/c17-16(18)26-12-4-2-1-3-10(12)19-15(21)9-7-13-14(25-6-5-24-13)8-11(9)20(22)23/h1-4,7-8,16H,5-6H2,(H,19,21). The van der Waals surface area contributed by atoms with Crippen molar-refractivity contribution in [3.05, 3.63) is 52.1 Å². The topological polar surface area (TPSA) is 99.9 Å². The number of fused-ring (bicyclic) bond motifs is 1. The van der Waals surface area contributed by atoms with E-state index in [4.69, 9.17) is 9.47 Å². The second-order valence-corrected chi connectivity index (χ2v) is 5.10. The lowest BCUT2D eigenvalue weighted by Crippen LogP contribution is -2.19. The quantitative estimate of drug-likeness (QED) is 0.644. The van der Waals surface area contributed by atoms with Gasteiger partial charge >= 0.3 is 6.61 Å². The Morgan fingerprint density at radius 2 is 1.85 bits per heavy atom. The highest BCUT2D eigenvalue weighted by Gasteiger charge is 2.27. The highest BCUT2D eigenvalue weighted by Crippen LogP contribution is 2.37. The van der Waals surface area contributed by atoms with Gasteiger partial charge in [-0.1, -0.05) is 12.1 Å². The largest absolute Gasteiger partial charge is 0.486 e. The Morgan fingerprint density at radius 1 is 1.19 bits per heavy atom. The summed E-state index contributed by atoms with van der Waals surface area (Å²) in [6.45, 7) is -2.62. The number of carbonyl (C=O) groups is 1. The maximum atomic E-state index is 12.5. The fourth-order valence-electron chi connectivity index (χ4n) is 2.37. The molecular formula is C16H12F2N2O6. The molecule has 0 aliphatic carbocycles. The third kappa shape index (κ3) is 3.63. The fourth-order valence-corrected chi connectivity index (χ4v) is 2.37. The van der Waals surface area contributed by atoms with Crippen LogP contribution in [0.3, 0.4) is 0 Å². The van der Waals surface area contributed by atoms with Crippen molar-refractivity contribution in [2.45, 2.75) is 6.61 Å². The molecule has 0 radical (unpaired) electrons. The number of para-hydroxylation sites is 2. The molecule has 1 amide bonds. The Bertz CT molecular complexity index is 859. The molecule has 0 unspecified atom stereocenters. The molecule has 0 atom stereocenters. The molecule has 0 spiro atoms. The number of nitrogens with one attached hydrogen (secondary N) is 1. The number of ether oxygens (including phenoxy) is 3. The number of hydrogen-bond donors (Lipinski definition) is 1. The molecule has 1 aliphatic rings. The third-order valence-corrected chi connectivity index (χ3v) is 3.45. The van der Waals surface area contributed by atoms with Crippen LogP contribution in [0.5, 0.6) is 17.2 Å². The predicted molar refractivity (Wildman–Crippen MR) is 85.1 cm³/mol. The van der Waals surface area contributed by atoms with E-state index in [1.54, 1.807) is 0 Å². The number of anilines is 1. The number of halogens is 2. The van der Waals surface area contributed by atoms with Crippen LogP contribution >= 0.6 is 0 Å². The van der Waals surface area contributed by atoms with Crippen LogP contribution in [0.2, 0.25) is 0 Å². The van der Waals surface area contributed by atoms with Crippen molar-refractivity contribution in [3.63, 3.8) is 0 Å². The lowest BCUT2D eigenvalue weighted by molar-refractivity contribution is -0.385. The van der Waals surface area contributed by atoms with Gasteiger partial charge in [-0.15, -0.1) is 0 Å². The summed E-state index contributed by atoms with van der Waals surface area (Å²) in [5.41, 5.74) is -0.855. The van der Waals surface area contributed by atoms with Crippen molar-refractivity contribution in [2.24, 2.45) is 0 Å². The molecule has 8 nitrogen and oxygen atoms in total. The number of benzene rings is 2. The first-order valence-electron chi connectivity index (χ1n) is 7.39. The number of rotatable bonds is 5. The summed E-state index contributed by atoms with van der Waals surface area (Å²) in [5, 5.41) is 13.6. The molecule has 0 bridgehead atoms. The molecule has 0 saturated carbocycles. The van der Waals surface area contributed by atoms with Gasteiger partial charge in [0, 0.05) is 6.07 Å². The number of alkyl halides is 2. The maximum absolute atomic E-state index is 12.5. The zero-order valence-electron chi connectivity index (χ0n) is 13.1. The molecule has 1 heterocycles. The van der Waals surface area contributed by atoms with Gasteiger partial charge in [-0.3, -0.25) is 14.9 Å². The average Bonchev–Trinajstić information content (AvgIpc) is 2.61. The maximum Gasteiger partial charge on any atom is 0.387 e. The van der Waals surface area contributed by atoms with E-state index in [0.717, 1.165) is 6.07 Å². The summed E-state index contributed by atoms with van der Waals surface area (Å²) in [5.74, 6) is -0.805. The summed E-state index contributed by atoms with van der Waals surface area (Å²) in [6.07, 6.45) is 0. The van der Waals surface area contributed by atoms with Crippen LogP contribution in [-0.2, 0) is 0 Å². The van der Waals surface area contributed by atoms with Gasteiger partial charge in [0.1, 0.15) is 24.5 Å². The molecular weight excluding hydrogens is 354 g/mol. The first-order chi connectivity index (χ1) is 12.5. The van der Waals surface area contributed by atoms with Crippen LogP contribution in [0.1, 0.15) is 10.4 Å². The normalized spacial score (nSPS) is 12.6. The molecule has 3 rings (SSSR count). The van der Waals surface area contributed by atoms with Gasteiger partial charge in [0.25, 0.3) is 11.6 Å². The predicted octanol–water partition coefficient (Wildman–Crippen LogP) is 3.22. The van der Waals surface area contributed by atoms with Gasteiger partial charge < -0.3 is 19.5 Å². The number of nitro benzene ring substituents is 1. The van der Waals surface area contributed by atoms with Gasteiger partial charge in [0.15, 0.2) is 11.5 Å².